The lowest BCUT2D eigenvalue weighted by Crippen LogP contribution is -1.96. The first-order chi connectivity index (χ1) is 9.65. The molecule has 96 valence electrons. The first-order valence-corrected chi connectivity index (χ1v) is 5.55. The van der Waals surface area contributed by atoms with Gasteiger partial charge in [0.1, 0.15) is 5.69 Å². The van der Waals surface area contributed by atoms with E-state index in [2.05, 4.69) is 15.0 Å². The minimum absolute atomic E-state index is 0.0229. The molecule has 0 atom stereocenters. The lowest BCUT2D eigenvalue weighted by Gasteiger charge is -2.08. The highest BCUT2D eigenvalue weighted by atomic mass is 16.6. The molecule has 0 aromatic heterocycles. The maximum absolute atomic E-state index is 11.1. The number of rotatable bonds is 3. The Morgan fingerprint density at radius 1 is 1.05 bits per heavy atom. The van der Waals surface area contributed by atoms with Crippen LogP contribution < -0.4 is 5.32 Å². The van der Waals surface area contributed by atoms with E-state index in [0.29, 0.717) is 5.69 Å². The summed E-state index contributed by atoms with van der Waals surface area (Å²) < 4.78 is 0. The maximum Gasteiger partial charge on any atom is 0.279 e. The summed E-state index contributed by atoms with van der Waals surface area (Å²) >= 11 is 0. The van der Waals surface area contributed by atoms with Crippen LogP contribution >= 0.6 is 0 Å². The van der Waals surface area contributed by atoms with Gasteiger partial charge in [0.25, 0.3) is 5.69 Å². The average Bonchev–Trinajstić information content (AvgIpc) is 2.47. The van der Waals surface area contributed by atoms with Gasteiger partial charge in [-0.25, -0.2) is 4.85 Å². The minimum Gasteiger partial charge on any atom is -0.351 e. The third-order valence-corrected chi connectivity index (χ3v) is 2.58. The Hall–Kier alpha value is -3.38. The van der Waals surface area contributed by atoms with Crippen LogP contribution in [0.3, 0.4) is 0 Å². The number of para-hydroxylation sites is 1. The first kappa shape index (κ1) is 13.1. The SMILES string of the molecule is [C-]#[N+]c1cc(Nc2ccccc2)c([N+](=O)[O-])cc1[N+]#[C-]. The summed E-state index contributed by atoms with van der Waals surface area (Å²) in [5, 5.41) is 14.0. The lowest BCUT2D eigenvalue weighted by molar-refractivity contribution is -0.383. The Labute approximate surface area is 115 Å². The van der Waals surface area contributed by atoms with Crippen LogP contribution in [0.4, 0.5) is 28.4 Å². The highest BCUT2D eigenvalue weighted by molar-refractivity contribution is 5.83. The van der Waals surface area contributed by atoms with Crippen LogP contribution in [0.15, 0.2) is 42.5 Å². The van der Waals surface area contributed by atoms with E-state index in [1.807, 2.05) is 6.07 Å². The van der Waals surface area contributed by atoms with Crippen molar-refractivity contribution in [3.05, 3.63) is 75.4 Å². The molecule has 0 saturated heterocycles. The fraction of sp³-hybridized carbons (Fsp3) is 0. The fourth-order valence-electron chi connectivity index (χ4n) is 1.67. The summed E-state index contributed by atoms with van der Waals surface area (Å²) in [5.74, 6) is 0. The molecule has 0 spiro atoms. The zero-order valence-electron chi connectivity index (χ0n) is 10.2. The lowest BCUT2D eigenvalue weighted by atomic mass is 10.2. The van der Waals surface area contributed by atoms with Gasteiger partial charge in [-0.05, 0) is 18.2 Å². The molecule has 6 heteroatoms. The van der Waals surface area contributed by atoms with Crippen LogP contribution in [0.25, 0.3) is 9.69 Å². The summed E-state index contributed by atoms with van der Waals surface area (Å²) in [6.07, 6.45) is 0. The number of nitrogens with one attached hydrogen (secondary N) is 1. The van der Waals surface area contributed by atoms with Crippen LogP contribution in [0.5, 0.6) is 0 Å². The van der Waals surface area contributed by atoms with Crippen molar-refractivity contribution in [2.24, 2.45) is 0 Å². The van der Waals surface area contributed by atoms with E-state index >= 15 is 0 Å². The molecule has 2 rings (SSSR count). The first-order valence-electron chi connectivity index (χ1n) is 5.55. The van der Waals surface area contributed by atoms with Gasteiger partial charge in [-0.2, -0.15) is 0 Å². The molecule has 0 aliphatic carbocycles. The fourth-order valence-corrected chi connectivity index (χ4v) is 1.67. The average molecular weight is 264 g/mol. The van der Waals surface area contributed by atoms with Crippen molar-refractivity contribution >= 4 is 28.4 Å². The summed E-state index contributed by atoms with van der Waals surface area (Å²) in [6, 6.07) is 11.4. The summed E-state index contributed by atoms with van der Waals surface area (Å²) in [7, 11) is 0. The summed E-state index contributed by atoms with van der Waals surface area (Å²) in [5.41, 5.74) is 0.697. The van der Waals surface area contributed by atoms with Gasteiger partial charge in [-0.15, -0.1) is 0 Å². The van der Waals surface area contributed by atoms with E-state index in [1.54, 1.807) is 24.3 Å². The number of benzene rings is 2. The predicted molar refractivity (Wildman–Crippen MR) is 75.3 cm³/mol. The molecule has 0 heterocycles. The quantitative estimate of drug-likeness (QED) is 0.506. The highest BCUT2D eigenvalue weighted by Crippen LogP contribution is 2.39. The number of nitro benzene ring substituents is 1. The molecule has 20 heavy (non-hydrogen) atoms. The molecule has 0 amide bonds. The Kier molecular flexibility index (Phi) is 3.60. The van der Waals surface area contributed by atoms with Gasteiger partial charge in [-0.3, -0.25) is 15.0 Å². The standard InChI is InChI=1S/C14H8N4O2/c1-15-11-8-13(17-10-6-4-3-5-7-10)14(18(19)20)9-12(11)16-2/h3-9,17H. The van der Waals surface area contributed by atoms with Crippen molar-refractivity contribution < 1.29 is 4.92 Å². The molecule has 0 aliphatic rings. The normalized spacial score (nSPS) is 9.30. The van der Waals surface area contributed by atoms with Crippen molar-refractivity contribution in [1.82, 2.24) is 0 Å². The number of anilines is 2. The molecule has 0 aliphatic heterocycles. The van der Waals surface area contributed by atoms with E-state index in [4.69, 9.17) is 13.1 Å². The Balaban J connectivity index is 2.54. The van der Waals surface area contributed by atoms with Crippen molar-refractivity contribution in [2.45, 2.75) is 0 Å². The number of hydrogen-bond acceptors (Lipinski definition) is 3. The monoisotopic (exact) mass is 264 g/mol. The molecule has 0 saturated carbocycles. The van der Waals surface area contributed by atoms with Crippen molar-refractivity contribution in [3.63, 3.8) is 0 Å². The highest BCUT2D eigenvalue weighted by Gasteiger charge is 2.18. The number of hydrogen-bond donors (Lipinski definition) is 1. The van der Waals surface area contributed by atoms with E-state index in [-0.39, 0.29) is 22.7 Å². The van der Waals surface area contributed by atoms with Crippen molar-refractivity contribution in [3.8, 4) is 0 Å². The molecule has 0 radical (unpaired) electrons. The minimum atomic E-state index is -0.576. The molecule has 0 unspecified atom stereocenters. The molecule has 1 N–H and O–H groups in total. The molecular weight excluding hydrogens is 256 g/mol. The van der Waals surface area contributed by atoms with Crippen LogP contribution in [0, 0.1) is 23.3 Å². The Bertz CT molecular complexity index is 742. The van der Waals surface area contributed by atoms with E-state index in [9.17, 15) is 10.1 Å². The predicted octanol–water partition coefficient (Wildman–Crippen LogP) is 4.44. The Morgan fingerprint density at radius 2 is 1.65 bits per heavy atom. The van der Waals surface area contributed by atoms with Crippen LogP contribution in [0.2, 0.25) is 0 Å². The third-order valence-electron chi connectivity index (χ3n) is 2.58. The van der Waals surface area contributed by atoms with E-state index in [0.717, 1.165) is 6.07 Å². The third kappa shape index (κ3) is 2.55. The van der Waals surface area contributed by atoms with Gasteiger partial charge in [0.15, 0.2) is 5.69 Å². The number of nitrogens with zero attached hydrogens (tertiary/aromatic N) is 3. The van der Waals surface area contributed by atoms with Gasteiger partial charge in [0.2, 0.25) is 5.69 Å². The molecule has 2 aromatic carbocycles. The second-order valence-electron chi connectivity index (χ2n) is 3.83. The zero-order valence-corrected chi connectivity index (χ0v) is 10.2. The van der Waals surface area contributed by atoms with Crippen LogP contribution in [-0.2, 0) is 0 Å². The zero-order chi connectivity index (χ0) is 14.5. The second kappa shape index (κ2) is 5.51. The van der Waals surface area contributed by atoms with Crippen LogP contribution in [0.1, 0.15) is 0 Å². The second-order valence-corrected chi connectivity index (χ2v) is 3.83. The maximum atomic E-state index is 11.1. The summed E-state index contributed by atoms with van der Waals surface area (Å²) in [6.45, 7) is 14.0. The van der Waals surface area contributed by atoms with E-state index in [1.165, 1.54) is 6.07 Å². The molecule has 2 aromatic rings. The van der Waals surface area contributed by atoms with Gasteiger partial charge >= 0.3 is 0 Å². The Morgan fingerprint density at radius 3 is 2.20 bits per heavy atom. The van der Waals surface area contributed by atoms with Gasteiger partial charge < -0.3 is 5.32 Å². The van der Waals surface area contributed by atoms with Crippen LogP contribution in [-0.4, -0.2) is 4.92 Å². The smallest absolute Gasteiger partial charge is 0.279 e. The van der Waals surface area contributed by atoms with Gasteiger partial charge in [0, 0.05) is 11.8 Å². The largest absolute Gasteiger partial charge is 0.351 e. The molecule has 6 nitrogen and oxygen atoms in total. The molecule has 0 fully saturated rings. The molecular formula is C14H8N4O2. The van der Waals surface area contributed by atoms with Crippen molar-refractivity contribution in [2.75, 3.05) is 5.32 Å². The van der Waals surface area contributed by atoms with Gasteiger partial charge in [0.05, 0.1) is 18.1 Å². The number of nitro groups is 1. The van der Waals surface area contributed by atoms with Crippen molar-refractivity contribution in [1.29, 1.82) is 0 Å². The molecule has 0 bridgehead atoms. The topological polar surface area (TPSA) is 63.9 Å². The van der Waals surface area contributed by atoms with E-state index < -0.39 is 4.92 Å². The van der Waals surface area contributed by atoms with Gasteiger partial charge in [-0.1, -0.05) is 18.2 Å². The summed E-state index contributed by atoms with van der Waals surface area (Å²) in [4.78, 5) is 16.8.